The predicted octanol–water partition coefficient (Wildman–Crippen LogP) is 2.65. The summed E-state index contributed by atoms with van der Waals surface area (Å²) in [5, 5.41) is 6.38. The lowest BCUT2D eigenvalue weighted by Gasteiger charge is -2.36. The third kappa shape index (κ3) is 4.75. The first-order chi connectivity index (χ1) is 11.0. The summed E-state index contributed by atoms with van der Waals surface area (Å²) in [6.45, 7) is 4.07. The molecule has 1 aliphatic heterocycles. The van der Waals surface area contributed by atoms with Gasteiger partial charge in [0.25, 0.3) is 0 Å². The monoisotopic (exact) mass is 386 g/mol. The van der Waals surface area contributed by atoms with Gasteiger partial charge < -0.3 is 15.4 Å². The Kier molecular flexibility index (Phi) is 6.56. The van der Waals surface area contributed by atoms with Crippen LogP contribution in [0.5, 0.6) is 0 Å². The zero-order valence-corrected chi connectivity index (χ0v) is 15.2. The van der Waals surface area contributed by atoms with E-state index in [1.165, 1.54) is 6.07 Å². The van der Waals surface area contributed by atoms with Gasteiger partial charge in [-0.05, 0) is 72.9 Å². The summed E-state index contributed by atoms with van der Waals surface area (Å²) in [5.74, 6) is -0.228. The second-order valence-electron chi connectivity index (χ2n) is 6.29. The topological polar surface area (TPSA) is 50.4 Å². The Morgan fingerprint density at radius 1 is 1.48 bits per heavy atom. The van der Waals surface area contributed by atoms with Gasteiger partial charge in [0.1, 0.15) is 5.82 Å². The minimum atomic E-state index is -0.447. The molecule has 4 nitrogen and oxygen atoms in total. The Labute approximate surface area is 145 Å². The Bertz CT molecular complexity index is 542. The molecule has 0 aliphatic carbocycles. The summed E-state index contributed by atoms with van der Waals surface area (Å²) in [6, 6.07) is 4.92. The van der Waals surface area contributed by atoms with Gasteiger partial charge >= 0.3 is 0 Å². The molecule has 1 amide bonds. The highest BCUT2D eigenvalue weighted by molar-refractivity contribution is 9.10. The molecule has 1 fully saturated rings. The van der Waals surface area contributed by atoms with Crippen molar-refractivity contribution >= 4 is 21.8 Å². The smallest absolute Gasteiger partial charge is 0.228 e. The van der Waals surface area contributed by atoms with Crippen LogP contribution in [0.2, 0.25) is 0 Å². The molecule has 2 rings (SSSR count). The number of hydrogen-bond donors (Lipinski definition) is 2. The van der Waals surface area contributed by atoms with Crippen molar-refractivity contribution in [3.05, 3.63) is 34.1 Å². The number of methoxy groups -OCH3 is 1. The number of carbonyl (C=O) groups excluding carboxylic acids is 1. The molecule has 1 aromatic carbocycles. The van der Waals surface area contributed by atoms with E-state index in [9.17, 15) is 9.18 Å². The van der Waals surface area contributed by atoms with Gasteiger partial charge in [-0.3, -0.25) is 4.79 Å². The number of benzene rings is 1. The maximum absolute atomic E-state index is 13.3. The van der Waals surface area contributed by atoms with Gasteiger partial charge in [-0.25, -0.2) is 4.39 Å². The van der Waals surface area contributed by atoms with Crippen LogP contribution in [0.3, 0.4) is 0 Å². The van der Waals surface area contributed by atoms with E-state index in [2.05, 4.69) is 26.6 Å². The van der Waals surface area contributed by atoms with Crippen LogP contribution in [0.25, 0.3) is 0 Å². The summed E-state index contributed by atoms with van der Waals surface area (Å²) in [4.78, 5) is 12.7. The zero-order valence-electron chi connectivity index (χ0n) is 13.6. The van der Waals surface area contributed by atoms with Crippen molar-refractivity contribution in [2.75, 3.05) is 26.8 Å². The molecular formula is C17H24BrFN2O2. The first-order valence-electron chi connectivity index (χ1n) is 7.91. The Morgan fingerprint density at radius 3 is 2.78 bits per heavy atom. The minimum absolute atomic E-state index is 0.0246. The van der Waals surface area contributed by atoms with Crippen molar-refractivity contribution in [1.82, 2.24) is 10.6 Å². The fourth-order valence-corrected chi connectivity index (χ4v) is 3.49. The van der Waals surface area contributed by atoms with Crippen LogP contribution in [0.4, 0.5) is 4.39 Å². The number of piperidine rings is 1. The summed E-state index contributed by atoms with van der Waals surface area (Å²) in [5.41, 5.74) is 0.537. The summed E-state index contributed by atoms with van der Waals surface area (Å²) in [7, 11) is 1.64. The van der Waals surface area contributed by atoms with Gasteiger partial charge in [-0.2, -0.15) is 0 Å². The number of rotatable bonds is 6. The average molecular weight is 387 g/mol. The lowest BCUT2D eigenvalue weighted by molar-refractivity contribution is -0.136. The minimum Gasteiger partial charge on any atom is -0.384 e. The molecule has 0 bridgehead atoms. The number of amides is 1. The normalized spacial score (nSPS) is 18.4. The van der Waals surface area contributed by atoms with E-state index >= 15 is 0 Å². The lowest BCUT2D eigenvalue weighted by Crippen LogP contribution is -2.52. The van der Waals surface area contributed by atoms with E-state index in [-0.39, 0.29) is 17.8 Å². The van der Waals surface area contributed by atoms with E-state index in [4.69, 9.17) is 4.74 Å². The fourth-order valence-electron chi connectivity index (χ4n) is 3.07. The van der Waals surface area contributed by atoms with Crippen molar-refractivity contribution in [2.24, 2.45) is 5.41 Å². The third-order valence-corrected chi connectivity index (χ3v) is 4.97. The van der Waals surface area contributed by atoms with Gasteiger partial charge in [-0.15, -0.1) is 0 Å². The van der Waals surface area contributed by atoms with E-state index < -0.39 is 5.41 Å². The summed E-state index contributed by atoms with van der Waals surface area (Å²) >= 11 is 3.19. The highest BCUT2D eigenvalue weighted by atomic mass is 79.9. The molecule has 23 heavy (non-hydrogen) atoms. The first-order valence-corrected chi connectivity index (χ1v) is 8.71. The Balaban J connectivity index is 1.98. The molecule has 1 saturated heterocycles. The zero-order chi connectivity index (χ0) is 16.9. The molecule has 0 spiro atoms. The van der Waals surface area contributed by atoms with Crippen LogP contribution in [0, 0.1) is 11.2 Å². The predicted molar refractivity (Wildman–Crippen MR) is 91.8 cm³/mol. The van der Waals surface area contributed by atoms with Crippen molar-refractivity contribution in [2.45, 2.75) is 32.2 Å². The maximum atomic E-state index is 13.3. The SMILES string of the molecule is COCC1(C(=O)NC(C)Cc2ccc(F)c(Br)c2)CCNCC1. The molecule has 0 saturated carbocycles. The maximum Gasteiger partial charge on any atom is 0.228 e. The fraction of sp³-hybridized carbons (Fsp3) is 0.588. The third-order valence-electron chi connectivity index (χ3n) is 4.37. The first kappa shape index (κ1) is 18.4. The van der Waals surface area contributed by atoms with Crippen molar-refractivity contribution < 1.29 is 13.9 Å². The van der Waals surface area contributed by atoms with Crippen LogP contribution >= 0.6 is 15.9 Å². The Morgan fingerprint density at radius 2 is 2.17 bits per heavy atom. The highest BCUT2D eigenvalue weighted by Gasteiger charge is 2.39. The van der Waals surface area contributed by atoms with Gasteiger partial charge in [0.05, 0.1) is 16.5 Å². The molecule has 1 heterocycles. The summed E-state index contributed by atoms with van der Waals surface area (Å²) in [6.07, 6.45) is 2.22. The number of halogens is 2. The average Bonchev–Trinajstić information content (AvgIpc) is 2.52. The Hall–Kier alpha value is -0.980. The number of ether oxygens (including phenoxy) is 1. The van der Waals surface area contributed by atoms with Gasteiger partial charge in [0.2, 0.25) is 5.91 Å². The summed E-state index contributed by atoms with van der Waals surface area (Å²) < 4.78 is 19.0. The van der Waals surface area contributed by atoms with Crippen LogP contribution in [0.15, 0.2) is 22.7 Å². The van der Waals surface area contributed by atoms with Crippen LogP contribution in [-0.2, 0) is 16.0 Å². The van der Waals surface area contributed by atoms with Gasteiger partial charge in [0, 0.05) is 13.2 Å². The van der Waals surface area contributed by atoms with Crippen molar-refractivity contribution in [3.8, 4) is 0 Å². The quantitative estimate of drug-likeness (QED) is 0.789. The standard InChI is InChI=1S/C17H24BrFN2O2/c1-12(9-13-3-4-15(19)14(18)10-13)21-16(22)17(11-23-2)5-7-20-8-6-17/h3-4,10,12,20H,5-9,11H2,1-2H3,(H,21,22). The van der Waals surface area contributed by atoms with E-state index in [0.29, 0.717) is 17.5 Å². The molecule has 6 heteroatoms. The number of hydrogen-bond acceptors (Lipinski definition) is 3. The van der Waals surface area contributed by atoms with Crippen LogP contribution in [0.1, 0.15) is 25.3 Å². The van der Waals surface area contributed by atoms with Crippen molar-refractivity contribution in [3.63, 3.8) is 0 Å². The second-order valence-corrected chi connectivity index (χ2v) is 7.14. The van der Waals surface area contributed by atoms with E-state index in [0.717, 1.165) is 31.5 Å². The molecule has 1 aromatic rings. The molecule has 2 N–H and O–H groups in total. The molecule has 0 aromatic heterocycles. The largest absolute Gasteiger partial charge is 0.384 e. The molecule has 1 unspecified atom stereocenters. The highest BCUT2D eigenvalue weighted by Crippen LogP contribution is 2.29. The molecule has 1 atom stereocenters. The lowest BCUT2D eigenvalue weighted by atomic mass is 9.78. The molecule has 1 aliphatic rings. The second kappa shape index (κ2) is 8.22. The van der Waals surface area contributed by atoms with Crippen molar-refractivity contribution in [1.29, 1.82) is 0 Å². The number of nitrogens with one attached hydrogen (secondary N) is 2. The molecule has 128 valence electrons. The van der Waals surface area contributed by atoms with Crippen LogP contribution < -0.4 is 10.6 Å². The van der Waals surface area contributed by atoms with Gasteiger partial charge in [-0.1, -0.05) is 6.07 Å². The van der Waals surface area contributed by atoms with E-state index in [1.807, 2.05) is 6.92 Å². The van der Waals surface area contributed by atoms with Crippen LogP contribution in [-0.4, -0.2) is 38.8 Å². The van der Waals surface area contributed by atoms with Gasteiger partial charge in [0.15, 0.2) is 0 Å². The molecule has 0 radical (unpaired) electrons. The number of carbonyl (C=O) groups is 1. The molecular weight excluding hydrogens is 363 g/mol. The van der Waals surface area contributed by atoms with E-state index in [1.54, 1.807) is 19.2 Å².